The Morgan fingerprint density at radius 1 is 0.880 bits per heavy atom. The molecule has 5 heterocycles. The standard InChI is InChI=1S/C16H17N9/c1-7-22(15-3-2-14-20-18-12-25(14)21-15)10-11-23(8-1)16-13-4-5-19-24(13)9-6-17-16/h2-6,9,12H,1,7-8,10-11H2. The van der Waals surface area contributed by atoms with Gasteiger partial charge < -0.3 is 9.80 Å². The lowest BCUT2D eigenvalue weighted by atomic mass is 10.3. The van der Waals surface area contributed by atoms with Gasteiger partial charge in [-0.2, -0.15) is 9.61 Å². The fraction of sp³-hybridized carbons (Fsp3) is 0.312. The highest BCUT2D eigenvalue weighted by Gasteiger charge is 2.19. The zero-order chi connectivity index (χ0) is 16.6. The van der Waals surface area contributed by atoms with Crippen LogP contribution in [-0.4, -0.2) is 60.6 Å². The van der Waals surface area contributed by atoms with Gasteiger partial charge >= 0.3 is 0 Å². The predicted molar refractivity (Wildman–Crippen MR) is 92.8 cm³/mol. The van der Waals surface area contributed by atoms with Gasteiger partial charge in [0.25, 0.3) is 0 Å². The molecule has 9 nitrogen and oxygen atoms in total. The van der Waals surface area contributed by atoms with Crippen molar-refractivity contribution in [3.63, 3.8) is 0 Å². The van der Waals surface area contributed by atoms with Crippen LogP contribution >= 0.6 is 0 Å². The summed E-state index contributed by atoms with van der Waals surface area (Å²) in [7, 11) is 0. The van der Waals surface area contributed by atoms with E-state index < -0.39 is 0 Å². The molecule has 4 aromatic rings. The lowest BCUT2D eigenvalue weighted by Crippen LogP contribution is -2.32. The maximum atomic E-state index is 4.61. The van der Waals surface area contributed by atoms with Crippen LogP contribution in [0, 0.1) is 0 Å². The first-order chi connectivity index (χ1) is 12.4. The van der Waals surface area contributed by atoms with Gasteiger partial charge in [0.2, 0.25) is 0 Å². The highest BCUT2D eigenvalue weighted by atomic mass is 15.4. The minimum Gasteiger partial charge on any atom is -0.353 e. The lowest BCUT2D eigenvalue weighted by Gasteiger charge is -2.23. The second-order valence-electron chi connectivity index (χ2n) is 6.06. The number of hydrogen-bond acceptors (Lipinski definition) is 7. The molecule has 0 unspecified atom stereocenters. The number of hydrogen-bond donors (Lipinski definition) is 0. The Labute approximate surface area is 143 Å². The van der Waals surface area contributed by atoms with Crippen LogP contribution in [0.15, 0.2) is 43.1 Å². The smallest absolute Gasteiger partial charge is 0.177 e. The number of nitrogens with zero attached hydrogens (tertiary/aromatic N) is 9. The fourth-order valence-electron chi connectivity index (χ4n) is 3.33. The van der Waals surface area contributed by atoms with Crippen LogP contribution in [-0.2, 0) is 0 Å². The van der Waals surface area contributed by atoms with Crippen LogP contribution < -0.4 is 9.80 Å². The highest BCUT2D eigenvalue weighted by Crippen LogP contribution is 2.21. The topological polar surface area (TPSA) is 79.8 Å². The quantitative estimate of drug-likeness (QED) is 0.538. The molecule has 9 heteroatoms. The summed E-state index contributed by atoms with van der Waals surface area (Å²) < 4.78 is 3.58. The Morgan fingerprint density at radius 3 is 2.80 bits per heavy atom. The minimum atomic E-state index is 0.761. The summed E-state index contributed by atoms with van der Waals surface area (Å²) in [5.74, 6) is 1.94. The van der Waals surface area contributed by atoms with Crippen molar-refractivity contribution < 1.29 is 0 Å². The Hall–Kier alpha value is -3.23. The third-order valence-corrected chi connectivity index (χ3v) is 4.57. The van der Waals surface area contributed by atoms with Gasteiger partial charge in [-0.1, -0.05) is 0 Å². The Morgan fingerprint density at radius 2 is 1.80 bits per heavy atom. The van der Waals surface area contributed by atoms with Crippen molar-refractivity contribution in [1.82, 2.24) is 34.4 Å². The van der Waals surface area contributed by atoms with Crippen molar-refractivity contribution in [1.29, 1.82) is 0 Å². The molecule has 1 fully saturated rings. The summed E-state index contributed by atoms with van der Waals surface area (Å²) in [6.45, 7) is 3.69. The molecule has 25 heavy (non-hydrogen) atoms. The second-order valence-corrected chi connectivity index (χ2v) is 6.06. The molecule has 0 bridgehead atoms. The van der Waals surface area contributed by atoms with Crippen molar-refractivity contribution in [2.24, 2.45) is 0 Å². The highest BCUT2D eigenvalue weighted by molar-refractivity contribution is 5.68. The predicted octanol–water partition coefficient (Wildman–Crippen LogP) is 0.884. The third kappa shape index (κ3) is 2.44. The van der Waals surface area contributed by atoms with E-state index in [4.69, 9.17) is 0 Å². The van der Waals surface area contributed by atoms with Gasteiger partial charge in [0, 0.05) is 38.6 Å². The van der Waals surface area contributed by atoms with Gasteiger partial charge in [-0.25, -0.2) is 9.50 Å². The van der Waals surface area contributed by atoms with Crippen LogP contribution in [0.2, 0.25) is 0 Å². The molecule has 1 aliphatic rings. The Kier molecular flexibility index (Phi) is 3.22. The van der Waals surface area contributed by atoms with E-state index in [1.807, 2.05) is 35.1 Å². The van der Waals surface area contributed by atoms with E-state index in [2.05, 4.69) is 35.2 Å². The lowest BCUT2D eigenvalue weighted by molar-refractivity contribution is 0.775. The van der Waals surface area contributed by atoms with E-state index in [0.29, 0.717) is 0 Å². The van der Waals surface area contributed by atoms with Crippen molar-refractivity contribution >= 4 is 22.8 Å². The fourth-order valence-corrected chi connectivity index (χ4v) is 3.33. The molecular weight excluding hydrogens is 318 g/mol. The Balaban J connectivity index is 1.40. The van der Waals surface area contributed by atoms with E-state index in [1.54, 1.807) is 17.0 Å². The van der Waals surface area contributed by atoms with Gasteiger partial charge in [-0.3, -0.25) is 0 Å². The summed E-state index contributed by atoms with van der Waals surface area (Å²) in [5, 5.41) is 16.8. The summed E-state index contributed by atoms with van der Waals surface area (Å²) in [6, 6.07) is 5.97. The van der Waals surface area contributed by atoms with E-state index in [0.717, 1.165) is 55.4 Å². The van der Waals surface area contributed by atoms with E-state index in [-0.39, 0.29) is 0 Å². The van der Waals surface area contributed by atoms with Crippen LogP contribution in [0.5, 0.6) is 0 Å². The Bertz CT molecular complexity index is 1020. The molecule has 126 valence electrons. The molecule has 0 N–H and O–H groups in total. The van der Waals surface area contributed by atoms with Crippen molar-refractivity contribution in [3.05, 3.63) is 43.1 Å². The monoisotopic (exact) mass is 335 g/mol. The SMILES string of the molecule is c1cn2nccc2c(N2CCCN(c3ccc4nncn4n3)CC2)n1. The van der Waals surface area contributed by atoms with Crippen molar-refractivity contribution in [2.75, 3.05) is 36.0 Å². The first-order valence-electron chi connectivity index (χ1n) is 8.34. The second kappa shape index (κ2) is 5.69. The molecule has 1 aliphatic heterocycles. The molecule has 0 aromatic carbocycles. The van der Waals surface area contributed by atoms with Crippen molar-refractivity contribution in [2.45, 2.75) is 6.42 Å². The molecule has 1 saturated heterocycles. The molecule has 0 spiro atoms. The third-order valence-electron chi connectivity index (χ3n) is 4.57. The van der Waals surface area contributed by atoms with Crippen LogP contribution in [0.25, 0.3) is 11.2 Å². The summed E-state index contributed by atoms with van der Waals surface area (Å²) >= 11 is 0. The van der Waals surface area contributed by atoms with Gasteiger partial charge in [0.05, 0.1) is 6.20 Å². The summed E-state index contributed by atoms with van der Waals surface area (Å²) in [6.07, 6.45) is 8.16. The maximum absolute atomic E-state index is 4.61. The summed E-state index contributed by atoms with van der Waals surface area (Å²) in [5.41, 5.74) is 1.80. The van der Waals surface area contributed by atoms with Gasteiger partial charge in [-0.15, -0.1) is 15.3 Å². The normalized spacial score (nSPS) is 15.8. The zero-order valence-corrected chi connectivity index (χ0v) is 13.6. The molecule has 4 aromatic heterocycles. The molecular formula is C16H17N9. The van der Waals surface area contributed by atoms with Gasteiger partial charge in [0.1, 0.15) is 17.7 Å². The molecule has 0 aliphatic carbocycles. The van der Waals surface area contributed by atoms with Crippen LogP contribution in [0.4, 0.5) is 11.6 Å². The zero-order valence-electron chi connectivity index (χ0n) is 13.6. The average Bonchev–Trinajstić information content (AvgIpc) is 3.24. The molecule has 0 atom stereocenters. The van der Waals surface area contributed by atoms with Gasteiger partial charge in [0.15, 0.2) is 11.5 Å². The van der Waals surface area contributed by atoms with E-state index in [9.17, 15) is 0 Å². The first-order valence-corrected chi connectivity index (χ1v) is 8.34. The van der Waals surface area contributed by atoms with Crippen molar-refractivity contribution in [3.8, 4) is 0 Å². The van der Waals surface area contributed by atoms with Crippen LogP contribution in [0.3, 0.4) is 0 Å². The maximum Gasteiger partial charge on any atom is 0.177 e. The minimum absolute atomic E-state index is 0.761. The molecule has 0 radical (unpaired) electrons. The van der Waals surface area contributed by atoms with E-state index >= 15 is 0 Å². The largest absolute Gasteiger partial charge is 0.353 e. The number of aromatic nitrogens is 7. The average molecular weight is 335 g/mol. The van der Waals surface area contributed by atoms with Gasteiger partial charge in [-0.05, 0) is 24.6 Å². The number of fused-ring (bicyclic) bond motifs is 2. The van der Waals surface area contributed by atoms with Crippen LogP contribution in [0.1, 0.15) is 6.42 Å². The number of anilines is 2. The van der Waals surface area contributed by atoms with E-state index in [1.165, 1.54) is 0 Å². The molecule has 5 rings (SSSR count). The molecule has 0 saturated carbocycles. The molecule has 0 amide bonds. The number of rotatable bonds is 2. The summed E-state index contributed by atoms with van der Waals surface area (Å²) in [4.78, 5) is 9.22. The first kappa shape index (κ1) is 14.1.